The van der Waals surface area contributed by atoms with Gasteiger partial charge in [-0.25, -0.2) is 4.98 Å². The standard InChI is InChI=1S/C24H30ClN3O2/c1-17-16-18(11-12-19(17)25)30-15-14-28-21-9-6-5-8-20(21)27-22(28)10-7-13-26-23(29)24(2,3)4/h5-6,8-9,11-12,16H,7,10,13-15H2,1-4H3,(H,26,29). The van der Waals surface area contributed by atoms with Gasteiger partial charge in [-0.1, -0.05) is 44.5 Å². The van der Waals surface area contributed by atoms with Crippen LogP contribution in [0.2, 0.25) is 5.02 Å². The second-order valence-corrected chi connectivity index (χ2v) is 8.94. The van der Waals surface area contributed by atoms with E-state index in [0.717, 1.165) is 46.0 Å². The molecule has 0 unspecified atom stereocenters. The molecule has 30 heavy (non-hydrogen) atoms. The summed E-state index contributed by atoms with van der Waals surface area (Å²) in [5, 5.41) is 3.75. The van der Waals surface area contributed by atoms with Crippen LogP contribution >= 0.6 is 11.6 Å². The van der Waals surface area contributed by atoms with Crippen LogP contribution in [0.1, 0.15) is 38.6 Å². The van der Waals surface area contributed by atoms with Gasteiger partial charge in [-0.3, -0.25) is 4.79 Å². The molecular weight excluding hydrogens is 398 g/mol. The zero-order chi connectivity index (χ0) is 21.7. The molecule has 1 aromatic heterocycles. The number of aromatic nitrogens is 2. The molecule has 0 radical (unpaired) electrons. The lowest BCUT2D eigenvalue weighted by Crippen LogP contribution is -2.35. The lowest BCUT2D eigenvalue weighted by atomic mass is 9.96. The maximum atomic E-state index is 12.0. The van der Waals surface area contributed by atoms with Gasteiger partial charge in [0.1, 0.15) is 18.2 Å². The highest BCUT2D eigenvalue weighted by Crippen LogP contribution is 2.22. The minimum absolute atomic E-state index is 0.0719. The number of aryl methyl sites for hydroxylation is 2. The number of benzene rings is 2. The molecule has 2 aromatic carbocycles. The molecule has 1 amide bonds. The Labute approximate surface area is 183 Å². The molecule has 0 bridgehead atoms. The molecule has 0 atom stereocenters. The van der Waals surface area contributed by atoms with Crippen LogP contribution in [-0.2, 0) is 17.8 Å². The van der Waals surface area contributed by atoms with E-state index >= 15 is 0 Å². The number of ether oxygens (including phenoxy) is 1. The highest BCUT2D eigenvalue weighted by molar-refractivity contribution is 6.31. The molecule has 1 N–H and O–H groups in total. The minimum Gasteiger partial charge on any atom is -0.492 e. The van der Waals surface area contributed by atoms with Crippen molar-refractivity contribution < 1.29 is 9.53 Å². The van der Waals surface area contributed by atoms with E-state index in [9.17, 15) is 4.79 Å². The number of nitrogens with one attached hydrogen (secondary N) is 1. The van der Waals surface area contributed by atoms with Crippen molar-refractivity contribution in [2.75, 3.05) is 13.2 Å². The molecule has 6 heteroatoms. The zero-order valence-corrected chi connectivity index (χ0v) is 18.9. The van der Waals surface area contributed by atoms with Crippen LogP contribution in [0.3, 0.4) is 0 Å². The van der Waals surface area contributed by atoms with E-state index in [1.54, 1.807) is 0 Å². The summed E-state index contributed by atoms with van der Waals surface area (Å²) in [7, 11) is 0. The van der Waals surface area contributed by atoms with Gasteiger partial charge >= 0.3 is 0 Å². The van der Waals surface area contributed by atoms with Crippen LogP contribution < -0.4 is 10.1 Å². The quantitative estimate of drug-likeness (QED) is 0.504. The summed E-state index contributed by atoms with van der Waals surface area (Å²) in [6, 6.07) is 13.8. The van der Waals surface area contributed by atoms with Crippen molar-refractivity contribution >= 4 is 28.5 Å². The van der Waals surface area contributed by atoms with Crippen molar-refractivity contribution in [2.45, 2.75) is 47.1 Å². The first-order valence-corrected chi connectivity index (χ1v) is 10.7. The van der Waals surface area contributed by atoms with E-state index < -0.39 is 0 Å². The second kappa shape index (κ2) is 9.52. The van der Waals surface area contributed by atoms with E-state index in [0.29, 0.717) is 19.7 Å². The summed E-state index contributed by atoms with van der Waals surface area (Å²) in [6.45, 7) is 9.61. The summed E-state index contributed by atoms with van der Waals surface area (Å²) in [5.74, 6) is 1.90. The molecule has 0 saturated carbocycles. The van der Waals surface area contributed by atoms with Crippen molar-refractivity contribution in [1.82, 2.24) is 14.9 Å². The van der Waals surface area contributed by atoms with Crippen molar-refractivity contribution in [1.29, 1.82) is 0 Å². The number of carbonyl (C=O) groups is 1. The topological polar surface area (TPSA) is 56.1 Å². The summed E-state index contributed by atoms with van der Waals surface area (Å²) >= 11 is 6.09. The van der Waals surface area contributed by atoms with Crippen LogP contribution in [0.15, 0.2) is 42.5 Å². The number of hydrogen-bond acceptors (Lipinski definition) is 3. The smallest absolute Gasteiger partial charge is 0.225 e. The Morgan fingerprint density at radius 3 is 2.70 bits per heavy atom. The number of nitrogens with zero attached hydrogens (tertiary/aromatic N) is 2. The van der Waals surface area contributed by atoms with Gasteiger partial charge < -0.3 is 14.6 Å². The van der Waals surface area contributed by atoms with Gasteiger partial charge in [0, 0.05) is 23.4 Å². The summed E-state index contributed by atoms with van der Waals surface area (Å²) in [4.78, 5) is 16.9. The Bertz CT molecular complexity index is 1020. The van der Waals surface area contributed by atoms with E-state index in [4.69, 9.17) is 21.3 Å². The number of para-hydroxylation sites is 2. The minimum atomic E-state index is -0.371. The lowest BCUT2D eigenvalue weighted by Gasteiger charge is -2.17. The Morgan fingerprint density at radius 2 is 1.97 bits per heavy atom. The van der Waals surface area contributed by atoms with Gasteiger partial charge in [0.05, 0.1) is 17.6 Å². The number of fused-ring (bicyclic) bond motifs is 1. The van der Waals surface area contributed by atoms with Crippen LogP contribution in [-0.4, -0.2) is 28.6 Å². The molecule has 3 aromatic rings. The van der Waals surface area contributed by atoms with E-state index in [2.05, 4.69) is 16.0 Å². The monoisotopic (exact) mass is 427 g/mol. The first-order chi connectivity index (χ1) is 14.3. The Balaban J connectivity index is 1.64. The molecule has 160 valence electrons. The zero-order valence-electron chi connectivity index (χ0n) is 18.2. The molecule has 0 aliphatic carbocycles. The molecule has 0 spiro atoms. The van der Waals surface area contributed by atoms with Crippen LogP contribution in [0.5, 0.6) is 5.75 Å². The SMILES string of the molecule is Cc1cc(OCCn2c(CCCNC(=O)C(C)(C)C)nc3ccccc32)ccc1Cl. The van der Waals surface area contributed by atoms with E-state index in [-0.39, 0.29) is 11.3 Å². The third-order valence-electron chi connectivity index (χ3n) is 4.99. The van der Waals surface area contributed by atoms with E-state index in [1.165, 1.54) is 0 Å². The second-order valence-electron chi connectivity index (χ2n) is 8.54. The largest absolute Gasteiger partial charge is 0.492 e. The van der Waals surface area contributed by atoms with Crippen LogP contribution in [0.4, 0.5) is 0 Å². The molecule has 5 nitrogen and oxygen atoms in total. The molecule has 1 heterocycles. The number of hydrogen-bond donors (Lipinski definition) is 1. The Hall–Kier alpha value is -2.53. The first-order valence-electron chi connectivity index (χ1n) is 10.4. The van der Waals surface area contributed by atoms with Gasteiger partial charge in [0.2, 0.25) is 5.91 Å². The molecule has 0 saturated heterocycles. The number of amides is 1. The average Bonchev–Trinajstić information content (AvgIpc) is 3.04. The van der Waals surface area contributed by atoms with Crippen molar-refractivity contribution in [3.63, 3.8) is 0 Å². The van der Waals surface area contributed by atoms with Gasteiger partial charge in [-0.15, -0.1) is 0 Å². The fraction of sp³-hybridized carbons (Fsp3) is 0.417. The van der Waals surface area contributed by atoms with Crippen LogP contribution in [0.25, 0.3) is 11.0 Å². The molecule has 0 fully saturated rings. The summed E-state index contributed by atoms with van der Waals surface area (Å²) < 4.78 is 8.16. The van der Waals surface area contributed by atoms with Gasteiger partial charge in [-0.2, -0.15) is 0 Å². The predicted molar refractivity (Wildman–Crippen MR) is 122 cm³/mol. The lowest BCUT2D eigenvalue weighted by molar-refractivity contribution is -0.128. The number of carbonyl (C=O) groups excluding carboxylic acids is 1. The third kappa shape index (κ3) is 5.54. The van der Waals surface area contributed by atoms with Crippen molar-refractivity contribution in [3.8, 4) is 5.75 Å². The van der Waals surface area contributed by atoms with Crippen LogP contribution in [0, 0.1) is 12.3 Å². The highest BCUT2D eigenvalue weighted by atomic mass is 35.5. The molecule has 0 aliphatic rings. The fourth-order valence-electron chi connectivity index (χ4n) is 3.24. The molecular formula is C24H30ClN3O2. The Morgan fingerprint density at radius 1 is 1.20 bits per heavy atom. The Kier molecular flexibility index (Phi) is 7.03. The van der Waals surface area contributed by atoms with E-state index in [1.807, 2.05) is 64.1 Å². The van der Waals surface area contributed by atoms with Gasteiger partial charge in [0.25, 0.3) is 0 Å². The fourth-order valence-corrected chi connectivity index (χ4v) is 3.36. The number of halogens is 1. The summed E-state index contributed by atoms with van der Waals surface area (Å²) in [6.07, 6.45) is 1.63. The molecule has 3 rings (SSSR count). The average molecular weight is 428 g/mol. The normalized spacial score (nSPS) is 11.6. The maximum absolute atomic E-state index is 12.0. The number of imidazole rings is 1. The number of rotatable bonds is 8. The summed E-state index contributed by atoms with van der Waals surface area (Å²) in [5.41, 5.74) is 2.71. The van der Waals surface area contributed by atoms with Gasteiger partial charge in [-0.05, 0) is 49.2 Å². The van der Waals surface area contributed by atoms with Gasteiger partial charge in [0.15, 0.2) is 0 Å². The first kappa shape index (κ1) is 22.2. The van der Waals surface area contributed by atoms with Crippen molar-refractivity contribution in [2.24, 2.45) is 5.41 Å². The third-order valence-corrected chi connectivity index (χ3v) is 5.41. The van der Waals surface area contributed by atoms with Crippen molar-refractivity contribution in [3.05, 3.63) is 58.9 Å². The highest BCUT2D eigenvalue weighted by Gasteiger charge is 2.20. The molecule has 0 aliphatic heterocycles. The predicted octanol–water partition coefficient (Wildman–Crippen LogP) is 5.17. The maximum Gasteiger partial charge on any atom is 0.225 e.